The molecule has 0 aliphatic carbocycles. The molecule has 1 aromatic carbocycles. The van der Waals surface area contributed by atoms with E-state index in [4.69, 9.17) is 0 Å². The van der Waals surface area contributed by atoms with Crippen LogP contribution in [0.3, 0.4) is 0 Å². The van der Waals surface area contributed by atoms with Gasteiger partial charge in [-0.15, -0.1) is 0 Å². The Hall–Kier alpha value is -2.56. The van der Waals surface area contributed by atoms with Crippen LogP contribution < -0.4 is 10.2 Å². The number of carbonyl (C=O) groups is 1. The molecule has 2 saturated heterocycles. The third-order valence-electron chi connectivity index (χ3n) is 5.93. The first kappa shape index (κ1) is 18.8. The number of pyridine rings is 1. The molecule has 3 heterocycles. The smallest absolute Gasteiger partial charge is 0.255 e. The molecule has 0 saturated carbocycles. The maximum absolute atomic E-state index is 12.8. The Kier molecular flexibility index (Phi) is 5.79. The summed E-state index contributed by atoms with van der Waals surface area (Å²) >= 11 is 0. The van der Waals surface area contributed by atoms with Gasteiger partial charge in [0, 0.05) is 43.8 Å². The summed E-state index contributed by atoms with van der Waals surface area (Å²) in [5.74, 6) is 0.798. The van der Waals surface area contributed by atoms with Crippen molar-refractivity contribution in [1.29, 1.82) is 0 Å². The molecule has 2 aliphatic heterocycles. The largest absolute Gasteiger partial charge is 0.372 e. The molecule has 0 radical (unpaired) electrons. The highest BCUT2D eigenvalue weighted by Crippen LogP contribution is 2.24. The van der Waals surface area contributed by atoms with Gasteiger partial charge in [0.25, 0.3) is 5.91 Å². The zero-order chi connectivity index (χ0) is 19.3. The molecule has 2 aromatic rings. The maximum Gasteiger partial charge on any atom is 0.255 e. The van der Waals surface area contributed by atoms with E-state index in [1.54, 1.807) is 12.4 Å². The van der Waals surface area contributed by atoms with Crippen molar-refractivity contribution in [3.63, 3.8) is 0 Å². The van der Waals surface area contributed by atoms with Crippen molar-refractivity contribution >= 4 is 23.0 Å². The summed E-state index contributed by atoms with van der Waals surface area (Å²) < 4.78 is 0. The van der Waals surface area contributed by atoms with Crippen molar-refractivity contribution in [2.24, 2.45) is 5.92 Å². The summed E-state index contributed by atoms with van der Waals surface area (Å²) in [6.45, 7) is 6.24. The third kappa shape index (κ3) is 4.46. The Morgan fingerprint density at radius 1 is 0.964 bits per heavy atom. The van der Waals surface area contributed by atoms with Crippen LogP contribution in [0.15, 0.2) is 42.7 Å². The first-order chi connectivity index (χ1) is 13.7. The molecular weight excluding hydrogens is 348 g/mol. The number of hydrogen-bond donors (Lipinski definition) is 1. The third-order valence-corrected chi connectivity index (χ3v) is 5.93. The average Bonchev–Trinajstić information content (AvgIpc) is 2.75. The van der Waals surface area contributed by atoms with Gasteiger partial charge in [-0.25, -0.2) is 0 Å². The Balaban J connectivity index is 1.41. The molecule has 0 bridgehead atoms. The van der Waals surface area contributed by atoms with Crippen LogP contribution >= 0.6 is 0 Å². The highest BCUT2D eigenvalue weighted by atomic mass is 16.2. The zero-order valence-corrected chi connectivity index (χ0v) is 16.7. The molecule has 0 atom stereocenters. The van der Waals surface area contributed by atoms with Crippen LogP contribution in [0, 0.1) is 5.92 Å². The fourth-order valence-electron chi connectivity index (χ4n) is 4.09. The van der Waals surface area contributed by atoms with Crippen LogP contribution in [-0.4, -0.2) is 42.0 Å². The summed E-state index contributed by atoms with van der Waals surface area (Å²) in [5.41, 5.74) is 3.80. The van der Waals surface area contributed by atoms with Crippen molar-refractivity contribution < 1.29 is 4.79 Å². The number of benzene rings is 1. The molecule has 1 aromatic heterocycles. The predicted octanol–water partition coefficient (Wildman–Crippen LogP) is 4.69. The highest BCUT2D eigenvalue weighted by Gasteiger charge is 2.21. The number of anilines is 3. The second kappa shape index (κ2) is 8.63. The predicted molar refractivity (Wildman–Crippen MR) is 114 cm³/mol. The number of amides is 1. The Morgan fingerprint density at radius 2 is 1.68 bits per heavy atom. The number of piperidine rings is 2. The van der Waals surface area contributed by atoms with Gasteiger partial charge in [0.05, 0.1) is 17.4 Å². The standard InChI is InChI=1S/C23H30N4O/c1-18-9-13-27(14-10-18)23(28)19-15-21(17-24-16-19)25-20-5-7-22(8-6-20)26-11-3-2-4-12-26/h5-8,15-18,25H,2-4,9-14H2,1H3. The molecule has 148 valence electrons. The van der Waals surface area contributed by atoms with Crippen LogP contribution in [0.2, 0.25) is 0 Å². The van der Waals surface area contributed by atoms with Crippen molar-refractivity contribution in [1.82, 2.24) is 9.88 Å². The quantitative estimate of drug-likeness (QED) is 0.839. The van der Waals surface area contributed by atoms with E-state index in [1.165, 1.54) is 24.9 Å². The number of aromatic nitrogens is 1. The molecule has 1 amide bonds. The van der Waals surface area contributed by atoms with Gasteiger partial charge in [0.1, 0.15) is 0 Å². The van der Waals surface area contributed by atoms with Crippen molar-refractivity contribution in [3.8, 4) is 0 Å². The summed E-state index contributed by atoms with van der Waals surface area (Å²) in [6, 6.07) is 10.5. The molecule has 5 nitrogen and oxygen atoms in total. The van der Waals surface area contributed by atoms with Crippen molar-refractivity contribution in [2.45, 2.75) is 39.0 Å². The maximum atomic E-state index is 12.8. The minimum absolute atomic E-state index is 0.0866. The highest BCUT2D eigenvalue weighted by molar-refractivity contribution is 5.95. The molecule has 1 N–H and O–H groups in total. The molecule has 2 fully saturated rings. The van der Waals surface area contributed by atoms with Gasteiger partial charge >= 0.3 is 0 Å². The van der Waals surface area contributed by atoms with Crippen molar-refractivity contribution in [2.75, 3.05) is 36.4 Å². The van der Waals surface area contributed by atoms with E-state index < -0.39 is 0 Å². The fraction of sp³-hybridized carbons (Fsp3) is 0.478. The zero-order valence-electron chi connectivity index (χ0n) is 16.7. The van der Waals surface area contributed by atoms with Crippen LogP contribution in [0.4, 0.5) is 17.1 Å². The van der Waals surface area contributed by atoms with Gasteiger partial charge in [-0.3, -0.25) is 9.78 Å². The summed E-state index contributed by atoms with van der Waals surface area (Å²) in [4.78, 5) is 21.5. The lowest BCUT2D eigenvalue weighted by molar-refractivity contribution is 0.0697. The molecule has 4 rings (SSSR count). The molecule has 28 heavy (non-hydrogen) atoms. The molecule has 0 unspecified atom stereocenters. The number of carbonyl (C=O) groups excluding carboxylic acids is 1. The molecule has 0 spiro atoms. The van der Waals surface area contributed by atoms with E-state index in [-0.39, 0.29) is 5.91 Å². The average molecular weight is 379 g/mol. The SMILES string of the molecule is CC1CCN(C(=O)c2cncc(Nc3ccc(N4CCCCC4)cc3)c2)CC1. The minimum atomic E-state index is 0.0866. The molecular formula is C23H30N4O. The van der Waals surface area contributed by atoms with E-state index in [0.717, 1.165) is 50.4 Å². The van der Waals surface area contributed by atoms with Gasteiger partial charge in [-0.2, -0.15) is 0 Å². The van der Waals surface area contributed by atoms with Gasteiger partial charge in [0.15, 0.2) is 0 Å². The number of nitrogens with zero attached hydrogens (tertiary/aromatic N) is 3. The number of nitrogens with one attached hydrogen (secondary N) is 1. The Labute approximate surface area is 167 Å². The second-order valence-corrected chi connectivity index (χ2v) is 8.16. The van der Waals surface area contributed by atoms with Gasteiger partial charge in [0.2, 0.25) is 0 Å². The molecule has 5 heteroatoms. The second-order valence-electron chi connectivity index (χ2n) is 8.16. The Morgan fingerprint density at radius 3 is 2.39 bits per heavy atom. The summed E-state index contributed by atoms with van der Waals surface area (Å²) in [7, 11) is 0. The molecule has 2 aliphatic rings. The van der Waals surface area contributed by atoms with Crippen LogP contribution in [0.1, 0.15) is 49.4 Å². The van der Waals surface area contributed by atoms with Crippen LogP contribution in [-0.2, 0) is 0 Å². The van der Waals surface area contributed by atoms with Crippen LogP contribution in [0.25, 0.3) is 0 Å². The van der Waals surface area contributed by atoms with Gasteiger partial charge in [-0.1, -0.05) is 6.92 Å². The number of rotatable bonds is 4. The lowest BCUT2D eigenvalue weighted by atomic mass is 9.99. The topological polar surface area (TPSA) is 48.5 Å². The lowest BCUT2D eigenvalue weighted by Crippen LogP contribution is -2.37. The van der Waals surface area contributed by atoms with E-state index in [9.17, 15) is 4.79 Å². The summed E-state index contributed by atoms with van der Waals surface area (Å²) in [5, 5.41) is 3.39. The van der Waals surface area contributed by atoms with Gasteiger partial charge in [-0.05, 0) is 68.4 Å². The van der Waals surface area contributed by atoms with Gasteiger partial charge < -0.3 is 15.1 Å². The number of hydrogen-bond acceptors (Lipinski definition) is 4. The van der Waals surface area contributed by atoms with Crippen molar-refractivity contribution in [3.05, 3.63) is 48.3 Å². The van der Waals surface area contributed by atoms with Crippen LogP contribution in [0.5, 0.6) is 0 Å². The number of likely N-dealkylation sites (tertiary alicyclic amines) is 1. The van der Waals surface area contributed by atoms with E-state index >= 15 is 0 Å². The monoisotopic (exact) mass is 378 g/mol. The fourth-order valence-corrected chi connectivity index (χ4v) is 4.09. The first-order valence-electron chi connectivity index (χ1n) is 10.6. The van der Waals surface area contributed by atoms with E-state index in [1.807, 2.05) is 11.0 Å². The normalized spacial score (nSPS) is 18.2. The Bertz CT molecular complexity index is 791. The van der Waals surface area contributed by atoms with E-state index in [0.29, 0.717) is 11.5 Å². The first-order valence-corrected chi connectivity index (χ1v) is 10.6. The summed E-state index contributed by atoms with van der Waals surface area (Å²) in [6.07, 6.45) is 9.51. The van der Waals surface area contributed by atoms with E-state index in [2.05, 4.69) is 46.4 Å². The minimum Gasteiger partial charge on any atom is -0.372 e. The lowest BCUT2D eigenvalue weighted by Gasteiger charge is -2.30.